The summed E-state index contributed by atoms with van der Waals surface area (Å²) in [5, 5.41) is 6.15. The Morgan fingerprint density at radius 1 is 1.04 bits per heavy atom. The Morgan fingerprint density at radius 2 is 1.75 bits per heavy atom. The van der Waals surface area contributed by atoms with Crippen LogP contribution in [-0.2, 0) is 6.54 Å². The minimum absolute atomic E-state index is 0.251. The highest BCUT2D eigenvalue weighted by Crippen LogP contribution is 2.32. The van der Waals surface area contributed by atoms with E-state index in [0.717, 1.165) is 22.6 Å². The van der Waals surface area contributed by atoms with Gasteiger partial charge in [-0.2, -0.15) is 0 Å². The van der Waals surface area contributed by atoms with Crippen LogP contribution >= 0.6 is 0 Å². The van der Waals surface area contributed by atoms with Gasteiger partial charge in [-0.3, -0.25) is 4.79 Å². The monoisotopic (exact) mass is 378 g/mol. The molecule has 0 aliphatic carbocycles. The van der Waals surface area contributed by atoms with E-state index in [1.54, 1.807) is 18.5 Å². The summed E-state index contributed by atoms with van der Waals surface area (Å²) in [4.78, 5) is 21.4. The minimum Gasteiger partial charge on any atom is -0.467 e. The molecule has 6 nitrogen and oxygen atoms in total. The van der Waals surface area contributed by atoms with Crippen LogP contribution in [0.5, 0.6) is 0 Å². The van der Waals surface area contributed by atoms with Crippen molar-refractivity contribution in [1.82, 2.24) is 9.97 Å². The molecule has 0 fully saturated rings. The fraction of sp³-hybridized carbons (Fsp3) is 0.318. The Labute approximate surface area is 165 Å². The maximum absolute atomic E-state index is 12.9. The second-order valence-electron chi connectivity index (χ2n) is 7.27. The van der Waals surface area contributed by atoms with Crippen molar-refractivity contribution < 1.29 is 9.21 Å². The number of rotatable bonds is 7. The number of hydrogen-bond acceptors (Lipinski definition) is 5. The number of carbonyl (C=O) groups excluding carboxylic acids is 1. The molecular weight excluding hydrogens is 352 g/mol. The Bertz CT molecular complexity index is 907. The average molecular weight is 378 g/mol. The van der Waals surface area contributed by atoms with Gasteiger partial charge in [0.1, 0.15) is 11.5 Å². The fourth-order valence-electron chi connectivity index (χ4n) is 3.02. The van der Waals surface area contributed by atoms with Crippen molar-refractivity contribution in [3.63, 3.8) is 0 Å². The van der Waals surface area contributed by atoms with Gasteiger partial charge in [-0.15, -0.1) is 0 Å². The standard InChI is InChI=1S/C22H26N4O2/c1-14(2)17-8-5-9-18(15(3)4)20(17)26-21(27)19-10-11-23-22(25-19)24-13-16-7-6-12-28-16/h5-12,14-15H,13H2,1-4H3,(H,26,27)(H,23,24,25). The van der Waals surface area contributed by atoms with Gasteiger partial charge in [0.15, 0.2) is 0 Å². The second-order valence-corrected chi connectivity index (χ2v) is 7.27. The zero-order valence-electron chi connectivity index (χ0n) is 16.7. The maximum Gasteiger partial charge on any atom is 0.274 e. The van der Waals surface area contributed by atoms with E-state index in [2.05, 4.69) is 60.4 Å². The first-order chi connectivity index (χ1) is 13.5. The number of anilines is 2. The van der Waals surface area contributed by atoms with Crippen molar-refractivity contribution in [1.29, 1.82) is 0 Å². The minimum atomic E-state index is -0.251. The number of benzene rings is 1. The van der Waals surface area contributed by atoms with Crippen molar-refractivity contribution in [2.75, 3.05) is 10.6 Å². The first kappa shape index (κ1) is 19.6. The molecule has 3 aromatic rings. The first-order valence-corrected chi connectivity index (χ1v) is 9.49. The van der Waals surface area contributed by atoms with E-state index >= 15 is 0 Å². The molecule has 3 rings (SSSR count). The van der Waals surface area contributed by atoms with Gasteiger partial charge in [-0.25, -0.2) is 9.97 Å². The van der Waals surface area contributed by atoms with Crippen LogP contribution in [0.2, 0.25) is 0 Å². The quantitative estimate of drug-likeness (QED) is 0.592. The third-order valence-corrected chi connectivity index (χ3v) is 4.50. The normalized spacial score (nSPS) is 11.1. The maximum atomic E-state index is 12.9. The summed E-state index contributed by atoms with van der Waals surface area (Å²) in [6, 6.07) is 11.5. The van der Waals surface area contributed by atoms with Gasteiger partial charge < -0.3 is 15.1 Å². The summed E-state index contributed by atoms with van der Waals surface area (Å²) in [6.45, 7) is 8.94. The van der Waals surface area contributed by atoms with Crippen molar-refractivity contribution >= 4 is 17.5 Å². The molecule has 0 radical (unpaired) electrons. The summed E-state index contributed by atoms with van der Waals surface area (Å²) in [6.07, 6.45) is 3.18. The highest BCUT2D eigenvalue weighted by molar-refractivity contribution is 6.04. The molecule has 1 aromatic carbocycles. The number of amides is 1. The highest BCUT2D eigenvalue weighted by Gasteiger charge is 2.17. The van der Waals surface area contributed by atoms with Crippen LogP contribution in [0.4, 0.5) is 11.6 Å². The van der Waals surface area contributed by atoms with Crippen LogP contribution in [0, 0.1) is 0 Å². The molecule has 0 saturated carbocycles. The largest absolute Gasteiger partial charge is 0.467 e. The van der Waals surface area contributed by atoms with E-state index < -0.39 is 0 Å². The zero-order chi connectivity index (χ0) is 20.1. The summed E-state index contributed by atoms with van der Waals surface area (Å²) in [5.41, 5.74) is 3.42. The molecule has 2 aromatic heterocycles. The molecule has 0 unspecified atom stereocenters. The smallest absolute Gasteiger partial charge is 0.274 e. The molecular formula is C22H26N4O2. The number of hydrogen-bond donors (Lipinski definition) is 2. The highest BCUT2D eigenvalue weighted by atomic mass is 16.3. The topological polar surface area (TPSA) is 80.0 Å². The molecule has 0 spiro atoms. The Hall–Kier alpha value is -3.15. The van der Waals surface area contributed by atoms with Crippen molar-refractivity contribution in [2.45, 2.75) is 46.1 Å². The molecule has 2 N–H and O–H groups in total. The van der Waals surface area contributed by atoms with E-state index in [4.69, 9.17) is 4.42 Å². The number of furan rings is 1. The van der Waals surface area contributed by atoms with E-state index in [1.807, 2.05) is 18.2 Å². The molecule has 0 bridgehead atoms. The zero-order valence-corrected chi connectivity index (χ0v) is 16.7. The van der Waals surface area contributed by atoms with Crippen molar-refractivity contribution in [3.8, 4) is 0 Å². The van der Waals surface area contributed by atoms with E-state index in [1.165, 1.54) is 0 Å². The van der Waals surface area contributed by atoms with E-state index in [-0.39, 0.29) is 5.91 Å². The molecule has 1 amide bonds. The van der Waals surface area contributed by atoms with Gasteiger partial charge in [-0.05, 0) is 41.2 Å². The molecule has 0 aliphatic rings. The summed E-state index contributed by atoms with van der Waals surface area (Å²) >= 11 is 0. The number of nitrogens with one attached hydrogen (secondary N) is 2. The van der Waals surface area contributed by atoms with Crippen molar-refractivity contribution in [2.24, 2.45) is 0 Å². The lowest BCUT2D eigenvalue weighted by atomic mass is 9.92. The number of aromatic nitrogens is 2. The molecule has 2 heterocycles. The fourth-order valence-corrected chi connectivity index (χ4v) is 3.02. The molecule has 6 heteroatoms. The van der Waals surface area contributed by atoms with Crippen LogP contribution < -0.4 is 10.6 Å². The molecule has 146 valence electrons. The lowest BCUT2D eigenvalue weighted by Gasteiger charge is -2.20. The summed E-state index contributed by atoms with van der Waals surface area (Å²) in [7, 11) is 0. The summed E-state index contributed by atoms with van der Waals surface area (Å²) < 4.78 is 5.29. The predicted molar refractivity (Wildman–Crippen MR) is 111 cm³/mol. The Morgan fingerprint density at radius 3 is 2.36 bits per heavy atom. The van der Waals surface area contributed by atoms with Crippen molar-refractivity contribution in [3.05, 3.63) is 71.4 Å². The molecule has 0 saturated heterocycles. The van der Waals surface area contributed by atoms with Gasteiger partial charge in [0.05, 0.1) is 12.8 Å². The Balaban J connectivity index is 1.81. The lowest BCUT2D eigenvalue weighted by Crippen LogP contribution is -2.18. The molecule has 28 heavy (non-hydrogen) atoms. The van der Waals surface area contributed by atoms with Crippen LogP contribution in [0.3, 0.4) is 0 Å². The van der Waals surface area contributed by atoms with Gasteiger partial charge >= 0.3 is 0 Å². The van der Waals surface area contributed by atoms with E-state index in [0.29, 0.717) is 30.0 Å². The predicted octanol–water partition coefficient (Wildman–Crippen LogP) is 5.18. The number of nitrogens with zero attached hydrogens (tertiary/aromatic N) is 2. The lowest BCUT2D eigenvalue weighted by molar-refractivity contribution is 0.102. The van der Waals surface area contributed by atoms with E-state index in [9.17, 15) is 4.79 Å². The van der Waals surface area contributed by atoms with Gasteiger partial charge in [0.25, 0.3) is 5.91 Å². The Kier molecular flexibility index (Phi) is 6.09. The van der Waals surface area contributed by atoms with Crippen LogP contribution in [0.1, 0.15) is 66.9 Å². The van der Waals surface area contributed by atoms with Gasteiger partial charge in [-0.1, -0.05) is 45.9 Å². The van der Waals surface area contributed by atoms with Crippen LogP contribution in [-0.4, -0.2) is 15.9 Å². The SMILES string of the molecule is CC(C)c1cccc(C(C)C)c1NC(=O)c1ccnc(NCc2ccco2)n1. The third kappa shape index (κ3) is 4.57. The third-order valence-electron chi connectivity index (χ3n) is 4.50. The second kappa shape index (κ2) is 8.69. The number of carbonyl (C=O) groups is 1. The molecule has 0 aliphatic heterocycles. The van der Waals surface area contributed by atoms with Crippen LogP contribution in [0.25, 0.3) is 0 Å². The van der Waals surface area contributed by atoms with Gasteiger partial charge in [0, 0.05) is 11.9 Å². The first-order valence-electron chi connectivity index (χ1n) is 9.49. The average Bonchev–Trinajstić information content (AvgIpc) is 3.20. The molecule has 0 atom stereocenters. The van der Waals surface area contributed by atoms with Gasteiger partial charge in [0.2, 0.25) is 5.95 Å². The van der Waals surface area contributed by atoms with Crippen LogP contribution in [0.15, 0.2) is 53.3 Å². The summed E-state index contributed by atoms with van der Waals surface area (Å²) in [5.74, 6) is 1.49. The number of para-hydroxylation sites is 1.